The lowest BCUT2D eigenvalue weighted by atomic mass is 9.93. The van der Waals surface area contributed by atoms with E-state index in [-0.39, 0.29) is 11.9 Å². The molecule has 1 aromatic heterocycles. The van der Waals surface area contributed by atoms with Gasteiger partial charge in [0.2, 0.25) is 5.82 Å². The number of rotatable bonds is 4. The second-order valence-electron chi connectivity index (χ2n) is 6.26. The van der Waals surface area contributed by atoms with Gasteiger partial charge in [-0.3, -0.25) is 4.79 Å². The molecular formula is C19H19N5O2. The number of ether oxygens (including phenoxy) is 1. The van der Waals surface area contributed by atoms with Gasteiger partial charge in [0, 0.05) is 17.7 Å². The second-order valence-corrected chi connectivity index (χ2v) is 6.26. The Morgan fingerprint density at radius 2 is 2.00 bits per heavy atom. The number of carbonyl (C=O) groups excluding carboxylic acids is 1. The number of likely N-dealkylation sites (tertiary alicyclic amines) is 1. The number of methoxy groups -OCH3 is 1. The highest BCUT2D eigenvalue weighted by atomic mass is 16.5. The van der Waals surface area contributed by atoms with E-state index in [1.165, 1.54) is 4.80 Å². The lowest BCUT2D eigenvalue weighted by Crippen LogP contribution is -2.45. The monoisotopic (exact) mass is 349 g/mol. The lowest BCUT2D eigenvalue weighted by molar-refractivity contribution is 0.0460. The molecule has 2 heterocycles. The Balaban J connectivity index is 1.52. The minimum absolute atomic E-state index is 0.0303. The molecule has 1 aliphatic heterocycles. The number of hydrogen-bond acceptors (Lipinski definition) is 5. The topological polar surface area (TPSA) is 73.1 Å². The maximum Gasteiger partial charge on any atom is 0.254 e. The highest BCUT2D eigenvalue weighted by molar-refractivity contribution is 5.95. The fourth-order valence-corrected chi connectivity index (χ4v) is 3.15. The summed E-state index contributed by atoms with van der Waals surface area (Å²) in [5.41, 5.74) is 2.59. The first kappa shape index (κ1) is 16.3. The van der Waals surface area contributed by atoms with Crippen molar-refractivity contribution in [3.05, 3.63) is 59.7 Å². The standard InChI is InChI=1S/C19H19N5O2/c1-23-21-18(20-22-23)13-6-8-14(9-7-13)19(25)24-11-10-17(24)15-4-3-5-16(12-15)26-2/h3-9,12,17H,10-11H2,1-2H3/t17-/m1/s1. The van der Waals surface area contributed by atoms with Crippen molar-refractivity contribution in [1.29, 1.82) is 0 Å². The quantitative estimate of drug-likeness (QED) is 0.723. The number of aryl methyl sites for hydroxylation is 1. The highest BCUT2D eigenvalue weighted by Crippen LogP contribution is 2.35. The summed E-state index contributed by atoms with van der Waals surface area (Å²) in [5.74, 6) is 1.38. The first-order chi connectivity index (χ1) is 12.7. The van der Waals surface area contributed by atoms with Gasteiger partial charge in [-0.05, 0) is 41.5 Å². The van der Waals surface area contributed by atoms with Gasteiger partial charge in [0.25, 0.3) is 5.91 Å². The molecule has 2 aromatic carbocycles. The third kappa shape index (κ3) is 2.92. The van der Waals surface area contributed by atoms with E-state index < -0.39 is 0 Å². The fraction of sp³-hybridized carbons (Fsp3) is 0.263. The molecule has 1 amide bonds. The lowest BCUT2D eigenvalue weighted by Gasteiger charge is -2.41. The maximum atomic E-state index is 12.9. The summed E-state index contributed by atoms with van der Waals surface area (Å²) in [5, 5.41) is 12.0. The third-order valence-electron chi connectivity index (χ3n) is 4.66. The predicted molar refractivity (Wildman–Crippen MR) is 95.6 cm³/mol. The first-order valence-corrected chi connectivity index (χ1v) is 8.45. The number of benzene rings is 2. The molecule has 7 heteroatoms. The van der Waals surface area contributed by atoms with Crippen molar-refractivity contribution in [3.63, 3.8) is 0 Å². The van der Waals surface area contributed by atoms with E-state index in [4.69, 9.17) is 4.74 Å². The van der Waals surface area contributed by atoms with Gasteiger partial charge in [0.05, 0.1) is 20.2 Å². The summed E-state index contributed by atoms with van der Waals surface area (Å²) in [6, 6.07) is 15.3. The van der Waals surface area contributed by atoms with E-state index in [1.54, 1.807) is 14.2 Å². The molecule has 7 nitrogen and oxygen atoms in total. The zero-order chi connectivity index (χ0) is 18.1. The van der Waals surface area contributed by atoms with Crippen LogP contribution in [-0.4, -0.2) is 44.7 Å². The zero-order valence-corrected chi connectivity index (χ0v) is 14.7. The maximum absolute atomic E-state index is 12.9. The zero-order valence-electron chi connectivity index (χ0n) is 14.7. The van der Waals surface area contributed by atoms with E-state index >= 15 is 0 Å². The first-order valence-electron chi connectivity index (χ1n) is 8.45. The second kappa shape index (κ2) is 6.59. The van der Waals surface area contributed by atoms with Crippen molar-refractivity contribution < 1.29 is 9.53 Å². The molecule has 132 valence electrons. The van der Waals surface area contributed by atoms with Gasteiger partial charge in [-0.2, -0.15) is 4.80 Å². The van der Waals surface area contributed by atoms with Crippen LogP contribution in [0, 0.1) is 0 Å². The summed E-state index contributed by atoms with van der Waals surface area (Å²) < 4.78 is 5.29. The molecule has 0 radical (unpaired) electrons. The molecule has 3 aromatic rings. The van der Waals surface area contributed by atoms with E-state index in [9.17, 15) is 4.79 Å². The minimum atomic E-state index is 0.0303. The van der Waals surface area contributed by atoms with Crippen molar-refractivity contribution in [2.75, 3.05) is 13.7 Å². The van der Waals surface area contributed by atoms with Gasteiger partial charge in [-0.25, -0.2) is 0 Å². The Hall–Kier alpha value is -3.22. The van der Waals surface area contributed by atoms with Crippen LogP contribution in [0.15, 0.2) is 48.5 Å². The Labute approximate surface area is 151 Å². The van der Waals surface area contributed by atoms with Crippen molar-refractivity contribution in [1.82, 2.24) is 25.1 Å². The number of amides is 1. The van der Waals surface area contributed by atoms with E-state index in [1.807, 2.05) is 53.4 Å². The smallest absolute Gasteiger partial charge is 0.254 e. The molecule has 0 saturated carbocycles. The number of tetrazole rings is 1. The molecule has 26 heavy (non-hydrogen) atoms. The van der Waals surface area contributed by atoms with Gasteiger partial charge in [-0.15, -0.1) is 10.2 Å². The third-order valence-corrected chi connectivity index (χ3v) is 4.66. The Morgan fingerprint density at radius 1 is 1.19 bits per heavy atom. The van der Waals surface area contributed by atoms with Crippen LogP contribution in [0.25, 0.3) is 11.4 Å². The highest BCUT2D eigenvalue weighted by Gasteiger charge is 2.34. The molecule has 0 unspecified atom stereocenters. The van der Waals surface area contributed by atoms with Gasteiger partial charge < -0.3 is 9.64 Å². The summed E-state index contributed by atoms with van der Waals surface area (Å²) in [7, 11) is 3.37. The average Bonchev–Trinajstić information content (AvgIpc) is 3.07. The normalized spacial score (nSPS) is 16.2. The Bertz CT molecular complexity index is 935. The SMILES string of the molecule is COc1cccc([C@H]2CCN2C(=O)c2ccc(-c3nnn(C)n3)cc2)c1. The van der Waals surface area contributed by atoms with E-state index in [2.05, 4.69) is 15.4 Å². The largest absolute Gasteiger partial charge is 0.497 e. The predicted octanol–water partition coefficient (Wildman–Crippen LogP) is 2.47. The molecule has 1 saturated heterocycles. The van der Waals surface area contributed by atoms with Gasteiger partial charge in [0.15, 0.2) is 0 Å². The molecule has 0 aliphatic carbocycles. The van der Waals surface area contributed by atoms with Crippen LogP contribution in [0.2, 0.25) is 0 Å². The van der Waals surface area contributed by atoms with Gasteiger partial charge >= 0.3 is 0 Å². The van der Waals surface area contributed by atoms with Crippen molar-refractivity contribution in [2.24, 2.45) is 7.05 Å². The molecule has 0 bridgehead atoms. The summed E-state index contributed by atoms with van der Waals surface area (Å²) in [6.45, 7) is 0.758. The van der Waals surface area contributed by atoms with Crippen LogP contribution in [0.3, 0.4) is 0 Å². The van der Waals surface area contributed by atoms with Crippen LogP contribution in [0.4, 0.5) is 0 Å². The molecule has 1 fully saturated rings. The van der Waals surface area contributed by atoms with Crippen LogP contribution in [-0.2, 0) is 7.05 Å². The van der Waals surface area contributed by atoms with Crippen molar-refractivity contribution in [3.8, 4) is 17.1 Å². The Kier molecular flexibility index (Phi) is 4.12. The van der Waals surface area contributed by atoms with Crippen LogP contribution in [0.5, 0.6) is 5.75 Å². The van der Waals surface area contributed by atoms with Crippen LogP contribution >= 0.6 is 0 Å². The minimum Gasteiger partial charge on any atom is -0.497 e. The summed E-state index contributed by atoms with van der Waals surface area (Å²) in [4.78, 5) is 16.2. The van der Waals surface area contributed by atoms with E-state index in [0.717, 1.165) is 29.8 Å². The average molecular weight is 349 g/mol. The van der Waals surface area contributed by atoms with Crippen molar-refractivity contribution >= 4 is 5.91 Å². The number of nitrogens with zero attached hydrogens (tertiary/aromatic N) is 5. The van der Waals surface area contributed by atoms with Gasteiger partial charge in [-0.1, -0.05) is 24.3 Å². The number of aromatic nitrogens is 4. The molecule has 4 rings (SSSR count). The molecular weight excluding hydrogens is 330 g/mol. The summed E-state index contributed by atoms with van der Waals surface area (Å²) in [6.07, 6.45) is 0.959. The molecule has 1 atom stereocenters. The van der Waals surface area contributed by atoms with Crippen LogP contribution in [0.1, 0.15) is 28.4 Å². The van der Waals surface area contributed by atoms with Crippen molar-refractivity contribution in [2.45, 2.75) is 12.5 Å². The fourth-order valence-electron chi connectivity index (χ4n) is 3.15. The molecule has 0 N–H and O–H groups in total. The Morgan fingerprint density at radius 3 is 2.62 bits per heavy atom. The summed E-state index contributed by atoms with van der Waals surface area (Å²) >= 11 is 0. The van der Waals surface area contributed by atoms with Gasteiger partial charge in [0.1, 0.15) is 5.75 Å². The molecule has 1 aliphatic rings. The number of hydrogen-bond donors (Lipinski definition) is 0. The van der Waals surface area contributed by atoms with Crippen LogP contribution < -0.4 is 4.74 Å². The van der Waals surface area contributed by atoms with E-state index in [0.29, 0.717) is 11.4 Å². The number of carbonyl (C=O) groups is 1. The molecule has 0 spiro atoms.